The fourth-order valence-electron chi connectivity index (χ4n) is 1.19. The second kappa shape index (κ2) is 1.20. The van der Waals surface area contributed by atoms with Crippen molar-refractivity contribution in [2.45, 2.75) is 18.6 Å². The van der Waals surface area contributed by atoms with Gasteiger partial charge >= 0.3 is 0 Å². The number of hydrogen-bond acceptors (Lipinski definition) is 2. The minimum Gasteiger partial charge on any atom is -0.375 e. The third-order valence-electron chi connectivity index (χ3n) is 1.79. The largest absolute Gasteiger partial charge is 0.375 e. The van der Waals surface area contributed by atoms with E-state index in [2.05, 4.69) is 5.32 Å². The highest BCUT2D eigenvalue weighted by Crippen LogP contribution is 2.18. The van der Waals surface area contributed by atoms with Crippen molar-refractivity contribution >= 4 is 0 Å². The smallest absolute Gasteiger partial charge is 0.0853 e. The van der Waals surface area contributed by atoms with Gasteiger partial charge in [-0.15, -0.1) is 0 Å². The van der Waals surface area contributed by atoms with E-state index in [4.69, 9.17) is 4.74 Å². The van der Waals surface area contributed by atoms with Gasteiger partial charge in [-0.05, 0) is 6.42 Å². The zero-order valence-electron chi connectivity index (χ0n) is 4.18. The Balaban J connectivity index is 2.03. The molecule has 0 aromatic rings. The Hall–Kier alpha value is -0.0800. The molecule has 0 bridgehead atoms. The van der Waals surface area contributed by atoms with Crippen LogP contribution < -0.4 is 5.32 Å². The van der Waals surface area contributed by atoms with Gasteiger partial charge in [0.15, 0.2) is 0 Å². The number of nitrogens with one attached hydrogen (secondary N) is 1. The molecule has 2 fully saturated rings. The van der Waals surface area contributed by atoms with E-state index < -0.39 is 0 Å². The van der Waals surface area contributed by atoms with E-state index >= 15 is 0 Å². The number of hydrogen-bond donors (Lipinski definition) is 1. The highest BCUT2D eigenvalue weighted by atomic mass is 16.5. The lowest BCUT2D eigenvalue weighted by Gasteiger charge is -2.29. The molecule has 0 radical (unpaired) electrons. The molecule has 2 aliphatic rings. The Labute approximate surface area is 42.9 Å². The molecule has 2 aliphatic heterocycles. The molecule has 0 amide bonds. The van der Waals surface area contributed by atoms with Crippen molar-refractivity contribution < 1.29 is 4.74 Å². The van der Waals surface area contributed by atoms with Crippen LogP contribution in [0.15, 0.2) is 0 Å². The maximum atomic E-state index is 5.29. The standard InChI is InChI=1S/C5H9NO/c1-2-7-5-3-6-4(1)5/h4-6H,1-3H2/t4-,5-/m1/s1. The van der Waals surface area contributed by atoms with Crippen LogP contribution >= 0.6 is 0 Å². The molecule has 2 atom stereocenters. The summed E-state index contributed by atoms with van der Waals surface area (Å²) < 4.78 is 5.29. The monoisotopic (exact) mass is 99.1 g/mol. The lowest BCUT2D eigenvalue weighted by atomic mass is 10.0. The van der Waals surface area contributed by atoms with Gasteiger partial charge in [0.25, 0.3) is 0 Å². The maximum absolute atomic E-state index is 5.29. The second-order valence-corrected chi connectivity index (χ2v) is 2.21. The molecule has 2 rings (SSSR count). The summed E-state index contributed by atoms with van der Waals surface area (Å²) in [5.41, 5.74) is 0. The second-order valence-electron chi connectivity index (χ2n) is 2.21. The Morgan fingerprint density at radius 2 is 2.57 bits per heavy atom. The van der Waals surface area contributed by atoms with Gasteiger partial charge in [0.1, 0.15) is 0 Å². The molecule has 7 heavy (non-hydrogen) atoms. The van der Waals surface area contributed by atoms with Gasteiger partial charge in [0, 0.05) is 19.2 Å². The predicted octanol–water partition coefficient (Wildman–Crippen LogP) is -0.253. The van der Waals surface area contributed by atoms with Crippen LogP contribution in [0, 0.1) is 0 Å². The predicted molar refractivity (Wildman–Crippen MR) is 26.1 cm³/mol. The van der Waals surface area contributed by atoms with Crippen molar-refractivity contribution in [1.82, 2.24) is 5.32 Å². The normalized spacial score (nSPS) is 48.0. The van der Waals surface area contributed by atoms with Crippen LogP contribution in [-0.4, -0.2) is 25.3 Å². The summed E-state index contributed by atoms with van der Waals surface area (Å²) in [6.45, 7) is 2.06. The van der Waals surface area contributed by atoms with Crippen molar-refractivity contribution in [1.29, 1.82) is 0 Å². The molecule has 0 aromatic heterocycles. The van der Waals surface area contributed by atoms with Crippen LogP contribution in [0.2, 0.25) is 0 Å². The molecule has 0 spiro atoms. The first-order chi connectivity index (χ1) is 3.47. The van der Waals surface area contributed by atoms with Gasteiger partial charge in [0.2, 0.25) is 0 Å². The van der Waals surface area contributed by atoms with E-state index in [0.717, 1.165) is 19.2 Å². The van der Waals surface area contributed by atoms with E-state index in [-0.39, 0.29) is 0 Å². The zero-order valence-corrected chi connectivity index (χ0v) is 4.18. The van der Waals surface area contributed by atoms with Gasteiger partial charge in [-0.2, -0.15) is 0 Å². The van der Waals surface area contributed by atoms with Gasteiger partial charge in [0.05, 0.1) is 6.10 Å². The quantitative estimate of drug-likeness (QED) is 0.452. The summed E-state index contributed by atoms with van der Waals surface area (Å²) in [6.07, 6.45) is 1.81. The van der Waals surface area contributed by atoms with Crippen LogP contribution in [0.4, 0.5) is 0 Å². The number of rotatable bonds is 0. The molecule has 40 valence electrons. The highest BCUT2D eigenvalue weighted by molar-refractivity contribution is 4.92. The first-order valence-corrected chi connectivity index (χ1v) is 2.82. The molecule has 2 heteroatoms. The summed E-state index contributed by atoms with van der Waals surface area (Å²) in [5.74, 6) is 0. The van der Waals surface area contributed by atoms with Crippen molar-refractivity contribution in [3.8, 4) is 0 Å². The molecule has 2 nitrogen and oxygen atoms in total. The molecule has 1 N–H and O–H groups in total. The van der Waals surface area contributed by atoms with Crippen molar-refractivity contribution in [3.05, 3.63) is 0 Å². The topological polar surface area (TPSA) is 21.3 Å². The first-order valence-electron chi connectivity index (χ1n) is 2.82. The van der Waals surface area contributed by atoms with Crippen molar-refractivity contribution in [2.24, 2.45) is 0 Å². The summed E-state index contributed by atoms with van der Waals surface area (Å²) in [7, 11) is 0. The fraction of sp³-hybridized carbons (Fsp3) is 1.00. The maximum Gasteiger partial charge on any atom is 0.0853 e. The molecular weight excluding hydrogens is 90.1 g/mol. The summed E-state index contributed by atoms with van der Waals surface area (Å²) in [6, 6.07) is 0.722. The summed E-state index contributed by atoms with van der Waals surface area (Å²) in [5, 5.41) is 3.28. The third-order valence-corrected chi connectivity index (χ3v) is 1.79. The van der Waals surface area contributed by atoms with E-state index in [9.17, 15) is 0 Å². The highest BCUT2D eigenvalue weighted by Gasteiger charge is 2.35. The van der Waals surface area contributed by atoms with E-state index in [1.807, 2.05) is 0 Å². The number of ether oxygens (including phenoxy) is 1. The van der Waals surface area contributed by atoms with Gasteiger partial charge in [-0.1, -0.05) is 0 Å². The summed E-state index contributed by atoms with van der Waals surface area (Å²) in [4.78, 5) is 0. The Bertz CT molecular complexity index is 74.1. The molecule has 2 saturated heterocycles. The number of fused-ring (bicyclic) bond motifs is 1. The molecule has 2 heterocycles. The molecule has 0 unspecified atom stereocenters. The minimum absolute atomic E-state index is 0.583. The summed E-state index contributed by atoms with van der Waals surface area (Å²) >= 11 is 0. The van der Waals surface area contributed by atoms with E-state index in [1.54, 1.807) is 0 Å². The van der Waals surface area contributed by atoms with E-state index in [1.165, 1.54) is 6.42 Å². The van der Waals surface area contributed by atoms with Crippen molar-refractivity contribution in [3.63, 3.8) is 0 Å². The van der Waals surface area contributed by atoms with Crippen LogP contribution in [0.5, 0.6) is 0 Å². The molecule has 0 aromatic carbocycles. The van der Waals surface area contributed by atoms with Gasteiger partial charge in [-0.3, -0.25) is 0 Å². The van der Waals surface area contributed by atoms with Crippen LogP contribution in [-0.2, 0) is 4.74 Å². The SMILES string of the molecule is C1C[C@H]2NC[C@H]2O1. The van der Waals surface area contributed by atoms with Gasteiger partial charge in [-0.25, -0.2) is 0 Å². The fourth-order valence-corrected chi connectivity index (χ4v) is 1.19. The van der Waals surface area contributed by atoms with Crippen LogP contribution in [0.1, 0.15) is 6.42 Å². The average Bonchev–Trinajstić information content (AvgIpc) is 1.85. The molecule has 0 aliphatic carbocycles. The Morgan fingerprint density at radius 1 is 1.57 bits per heavy atom. The van der Waals surface area contributed by atoms with Gasteiger partial charge < -0.3 is 10.1 Å². The van der Waals surface area contributed by atoms with E-state index in [0.29, 0.717) is 6.10 Å². The first kappa shape index (κ1) is 3.87. The van der Waals surface area contributed by atoms with Crippen LogP contribution in [0.25, 0.3) is 0 Å². The Kier molecular flexibility index (Phi) is 0.664. The third kappa shape index (κ3) is 0.409. The minimum atomic E-state index is 0.583. The Morgan fingerprint density at radius 3 is 2.86 bits per heavy atom. The lowest BCUT2D eigenvalue weighted by molar-refractivity contribution is 0.0584. The lowest BCUT2D eigenvalue weighted by Crippen LogP contribution is -2.54. The average molecular weight is 99.1 g/mol. The zero-order chi connectivity index (χ0) is 4.69. The molecule has 0 saturated carbocycles. The van der Waals surface area contributed by atoms with Crippen molar-refractivity contribution in [2.75, 3.05) is 13.2 Å². The van der Waals surface area contributed by atoms with Crippen LogP contribution in [0.3, 0.4) is 0 Å². The molecular formula is C5H9NO.